The van der Waals surface area contributed by atoms with Gasteiger partial charge in [0.05, 0.1) is 0 Å². The van der Waals surface area contributed by atoms with Gasteiger partial charge in [0.25, 0.3) is 0 Å². The van der Waals surface area contributed by atoms with Crippen LogP contribution >= 0.6 is 0 Å². The van der Waals surface area contributed by atoms with Crippen LogP contribution in [0.15, 0.2) is 267 Å². The highest BCUT2D eigenvalue weighted by molar-refractivity contribution is 7.05. The first-order valence-electron chi connectivity index (χ1n) is 27.8. The molecule has 4 heteroatoms. The van der Waals surface area contributed by atoms with Crippen molar-refractivity contribution in [3.05, 3.63) is 289 Å². The van der Waals surface area contributed by atoms with Gasteiger partial charge < -0.3 is 9.80 Å². The summed E-state index contributed by atoms with van der Waals surface area (Å²) in [4.78, 5) is 5.21. The van der Waals surface area contributed by atoms with Crippen molar-refractivity contribution in [2.45, 2.75) is 24.2 Å². The standard InChI is InChI=1S/C74H52N2Si2/c1-2-22-52-46-77(45-51(52)21-1)69-35-13-9-31-65(69)75(66-32-10-14-36-70(66)77)55-39-41-61-63(43-55)73(59-29-17-25-49-19-5-7-27-57(49)59)62-42-40-56(44-64(62)74(61)60-30-18-26-50-20-6-8-28-58(50)60)76-67-33-11-15-37-71(67)78(72-38-16-12-34-68(72)76)47-53-23-3-4-24-54(53)48-78/h1-44H,45-48H2. The van der Waals surface area contributed by atoms with Crippen molar-refractivity contribution in [2.75, 3.05) is 9.80 Å². The number of nitrogens with zero attached hydrogens (tertiary/aromatic N) is 2. The van der Waals surface area contributed by atoms with Gasteiger partial charge in [0.1, 0.15) is 16.1 Å². The van der Waals surface area contributed by atoms with Crippen LogP contribution in [0.25, 0.3) is 65.3 Å². The maximum atomic E-state index is 2.60. The molecule has 2 spiro atoms. The van der Waals surface area contributed by atoms with Gasteiger partial charge in [0.2, 0.25) is 0 Å². The third-order valence-electron chi connectivity index (χ3n) is 18.6. The van der Waals surface area contributed by atoms with E-state index in [2.05, 4.69) is 277 Å². The Bertz CT molecular complexity index is 4230. The molecule has 0 unspecified atom stereocenters. The topological polar surface area (TPSA) is 6.48 Å². The van der Waals surface area contributed by atoms with E-state index in [-0.39, 0.29) is 0 Å². The Morgan fingerprint density at radius 2 is 0.551 bits per heavy atom. The number of hydrogen-bond donors (Lipinski definition) is 0. The fourth-order valence-corrected chi connectivity index (χ4v) is 26.1. The molecule has 4 heterocycles. The molecule has 0 fully saturated rings. The Labute approximate surface area is 456 Å². The van der Waals surface area contributed by atoms with Gasteiger partial charge in [-0.15, -0.1) is 0 Å². The highest BCUT2D eigenvalue weighted by Crippen LogP contribution is 2.52. The molecule has 78 heavy (non-hydrogen) atoms. The lowest BCUT2D eigenvalue weighted by Gasteiger charge is -2.43. The largest absolute Gasteiger partial charge is 0.311 e. The van der Waals surface area contributed by atoms with E-state index in [4.69, 9.17) is 0 Å². The molecule has 4 aliphatic rings. The van der Waals surface area contributed by atoms with Gasteiger partial charge in [-0.3, -0.25) is 0 Å². The van der Waals surface area contributed by atoms with E-state index in [0.717, 1.165) is 24.2 Å². The third kappa shape index (κ3) is 6.18. The first-order valence-corrected chi connectivity index (χ1v) is 32.6. The molecule has 13 aromatic rings. The highest BCUT2D eigenvalue weighted by atomic mass is 28.3. The molecule has 0 bridgehead atoms. The fraction of sp³-hybridized carbons (Fsp3) is 0.0541. The molecule has 0 N–H and O–H groups in total. The molecule has 13 aromatic carbocycles. The van der Waals surface area contributed by atoms with Crippen molar-refractivity contribution < 1.29 is 0 Å². The van der Waals surface area contributed by atoms with Gasteiger partial charge in [0, 0.05) is 34.1 Å². The number of para-hydroxylation sites is 4. The van der Waals surface area contributed by atoms with Crippen molar-refractivity contribution in [2.24, 2.45) is 0 Å². The van der Waals surface area contributed by atoms with Gasteiger partial charge in [-0.1, -0.05) is 218 Å². The zero-order chi connectivity index (χ0) is 51.1. The summed E-state index contributed by atoms with van der Waals surface area (Å²) in [7, 11) is -4.47. The van der Waals surface area contributed by atoms with E-state index in [0.29, 0.717) is 0 Å². The second-order valence-electron chi connectivity index (χ2n) is 22.4. The van der Waals surface area contributed by atoms with Crippen LogP contribution in [0.4, 0.5) is 34.1 Å². The summed E-state index contributed by atoms with van der Waals surface area (Å²) in [6.07, 6.45) is 0. The predicted octanol–water partition coefficient (Wildman–Crippen LogP) is 16.1. The summed E-state index contributed by atoms with van der Waals surface area (Å²) in [6.45, 7) is 0. The van der Waals surface area contributed by atoms with E-state index < -0.39 is 16.1 Å². The van der Waals surface area contributed by atoms with E-state index >= 15 is 0 Å². The van der Waals surface area contributed by atoms with Crippen molar-refractivity contribution in [1.29, 1.82) is 0 Å². The van der Waals surface area contributed by atoms with Crippen LogP contribution in [0.2, 0.25) is 0 Å². The molecule has 0 amide bonds. The highest BCUT2D eigenvalue weighted by Gasteiger charge is 2.51. The molecular formula is C74H52N2Si2. The first kappa shape index (κ1) is 44.1. The average molecular weight is 1030 g/mol. The van der Waals surface area contributed by atoms with Gasteiger partial charge in [-0.2, -0.15) is 0 Å². The molecule has 4 aliphatic heterocycles. The zero-order valence-corrected chi connectivity index (χ0v) is 45.1. The minimum absolute atomic E-state index is 1.13. The zero-order valence-electron chi connectivity index (χ0n) is 43.1. The summed E-state index contributed by atoms with van der Waals surface area (Å²) < 4.78 is 0. The van der Waals surface area contributed by atoms with Crippen LogP contribution in [0, 0.1) is 0 Å². The average Bonchev–Trinajstić information content (AvgIpc) is 4.27. The number of benzene rings is 13. The molecule has 0 radical (unpaired) electrons. The Morgan fingerprint density at radius 1 is 0.244 bits per heavy atom. The van der Waals surface area contributed by atoms with Crippen LogP contribution < -0.4 is 30.5 Å². The van der Waals surface area contributed by atoms with E-state index in [1.165, 1.54) is 142 Å². The van der Waals surface area contributed by atoms with Crippen LogP contribution in [-0.2, 0) is 24.2 Å². The molecule has 0 aliphatic carbocycles. The lowest BCUT2D eigenvalue weighted by atomic mass is 9.83. The molecule has 0 aromatic heterocycles. The molecule has 0 saturated carbocycles. The molecule has 366 valence electrons. The van der Waals surface area contributed by atoms with Gasteiger partial charge in [0.15, 0.2) is 0 Å². The van der Waals surface area contributed by atoms with Crippen LogP contribution in [-0.4, -0.2) is 16.1 Å². The number of rotatable bonds is 4. The van der Waals surface area contributed by atoms with Gasteiger partial charge in [-0.05, 0) is 181 Å². The van der Waals surface area contributed by atoms with E-state index in [1.54, 1.807) is 0 Å². The Kier molecular flexibility index (Phi) is 9.45. The maximum absolute atomic E-state index is 2.60. The van der Waals surface area contributed by atoms with Gasteiger partial charge in [-0.25, -0.2) is 0 Å². The molecule has 17 rings (SSSR count). The van der Waals surface area contributed by atoms with Crippen molar-refractivity contribution in [3.63, 3.8) is 0 Å². The predicted molar refractivity (Wildman–Crippen MR) is 334 cm³/mol. The Morgan fingerprint density at radius 3 is 0.923 bits per heavy atom. The number of fused-ring (bicyclic) bond motifs is 14. The van der Waals surface area contributed by atoms with Gasteiger partial charge >= 0.3 is 0 Å². The van der Waals surface area contributed by atoms with Crippen LogP contribution in [0.3, 0.4) is 0 Å². The van der Waals surface area contributed by atoms with E-state index in [1.807, 2.05) is 0 Å². The van der Waals surface area contributed by atoms with Crippen molar-refractivity contribution in [1.82, 2.24) is 0 Å². The number of hydrogen-bond acceptors (Lipinski definition) is 2. The monoisotopic (exact) mass is 1020 g/mol. The fourth-order valence-electron chi connectivity index (χ4n) is 15.3. The van der Waals surface area contributed by atoms with Crippen molar-refractivity contribution >= 4 is 114 Å². The lowest BCUT2D eigenvalue weighted by Crippen LogP contribution is -2.64. The maximum Gasteiger partial charge on any atom is 0.132 e. The quantitative estimate of drug-likeness (QED) is 0.128. The SMILES string of the molecule is c1ccc2c(c1)C[Si]1(C2)c2ccccc2N(c2ccc3c(-c4cccc5ccccc45)c4cc(N5c6ccccc6[Si]6(Cc7ccccc7C6)c6ccccc65)ccc4c(-c4cccc5ccccc45)c3c2)c2ccccc21. The number of anilines is 6. The Balaban J connectivity index is 0.955. The second-order valence-corrected chi connectivity index (χ2v) is 30.3. The summed E-state index contributed by atoms with van der Waals surface area (Å²) in [6, 6.07) is 107. The Hall–Kier alpha value is -9.07. The molecule has 0 atom stereocenters. The minimum atomic E-state index is -2.24. The third-order valence-corrected chi connectivity index (χ3v) is 28.3. The second kappa shape index (κ2) is 16.7. The smallest absolute Gasteiger partial charge is 0.132 e. The van der Waals surface area contributed by atoms with Crippen LogP contribution in [0.5, 0.6) is 0 Å². The summed E-state index contributed by atoms with van der Waals surface area (Å²) >= 11 is 0. The summed E-state index contributed by atoms with van der Waals surface area (Å²) in [5.74, 6) is 0. The van der Waals surface area contributed by atoms with E-state index in [9.17, 15) is 0 Å². The normalized spacial score (nSPS) is 15.1. The molecular weight excluding hydrogens is 973 g/mol. The van der Waals surface area contributed by atoms with Crippen LogP contribution in [0.1, 0.15) is 22.3 Å². The van der Waals surface area contributed by atoms with Crippen molar-refractivity contribution in [3.8, 4) is 22.3 Å². The summed E-state index contributed by atoms with van der Waals surface area (Å²) in [5, 5.41) is 16.1. The lowest BCUT2D eigenvalue weighted by molar-refractivity contribution is 1.27. The minimum Gasteiger partial charge on any atom is -0.311 e. The summed E-state index contributed by atoms with van der Waals surface area (Å²) in [5.41, 5.74) is 18.7. The molecule has 2 nitrogen and oxygen atoms in total. The first-order chi connectivity index (χ1) is 38.6. The molecule has 0 saturated heterocycles.